The molecule has 6 heteroatoms. The summed E-state index contributed by atoms with van der Waals surface area (Å²) >= 11 is 2.24. The van der Waals surface area contributed by atoms with Crippen molar-refractivity contribution in [2.75, 3.05) is 19.0 Å². The van der Waals surface area contributed by atoms with Gasteiger partial charge in [0.2, 0.25) is 5.88 Å². The Morgan fingerprint density at radius 2 is 2.10 bits per heavy atom. The molecule has 0 aliphatic rings. The van der Waals surface area contributed by atoms with Gasteiger partial charge >= 0.3 is 0 Å². The van der Waals surface area contributed by atoms with Crippen LogP contribution in [0.1, 0.15) is 12.7 Å². The molecule has 0 bridgehead atoms. The second-order valence-corrected chi connectivity index (χ2v) is 5.20. The van der Waals surface area contributed by atoms with Gasteiger partial charge in [-0.05, 0) is 47.7 Å². The summed E-state index contributed by atoms with van der Waals surface area (Å²) in [4.78, 5) is 8.66. The fourth-order valence-electron chi connectivity index (χ4n) is 1.56. The van der Waals surface area contributed by atoms with E-state index in [1.807, 2.05) is 38.2 Å². The van der Waals surface area contributed by atoms with Crippen LogP contribution in [-0.4, -0.2) is 23.6 Å². The molecule has 2 rings (SSSR count). The van der Waals surface area contributed by atoms with E-state index in [4.69, 9.17) is 9.47 Å². The molecule has 1 heterocycles. The summed E-state index contributed by atoms with van der Waals surface area (Å²) in [6, 6.07) is 9.55. The molecule has 0 radical (unpaired) electrons. The summed E-state index contributed by atoms with van der Waals surface area (Å²) in [5.74, 6) is 2.55. The first-order chi connectivity index (χ1) is 9.71. The molecule has 0 spiro atoms. The van der Waals surface area contributed by atoms with Crippen LogP contribution in [0.3, 0.4) is 0 Å². The number of halogens is 1. The van der Waals surface area contributed by atoms with E-state index in [0.717, 1.165) is 9.32 Å². The fraction of sp³-hybridized carbons (Fsp3) is 0.286. The Morgan fingerprint density at radius 3 is 2.80 bits per heavy atom. The van der Waals surface area contributed by atoms with Crippen molar-refractivity contribution in [1.82, 2.24) is 9.97 Å². The Kier molecular flexibility index (Phi) is 5.54. The Bertz CT molecular complexity index is 578. The maximum atomic E-state index is 5.77. The number of nitrogens with zero attached hydrogens (tertiary/aromatic N) is 2. The third-order valence-electron chi connectivity index (χ3n) is 2.46. The maximum Gasteiger partial charge on any atom is 0.224 e. The van der Waals surface area contributed by atoms with Gasteiger partial charge in [-0.2, -0.15) is 4.98 Å². The van der Waals surface area contributed by atoms with Crippen LogP contribution in [-0.2, 0) is 11.3 Å². The summed E-state index contributed by atoms with van der Waals surface area (Å²) in [6.45, 7) is 2.93. The number of benzene rings is 1. The van der Waals surface area contributed by atoms with Crippen molar-refractivity contribution in [2.24, 2.45) is 0 Å². The molecule has 1 aromatic heterocycles. The lowest BCUT2D eigenvalue weighted by Gasteiger charge is -2.09. The number of anilines is 1. The molecule has 0 saturated carbocycles. The lowest BCUT2D eigenvalue weighted by Crippen LogP contribution is -2.04. The lowest BCUT2D eigenvalue weighted by atomic mass is 10.3. The molecule has 0 fully saturated rings. The number of ether oxygens (including phenoxy) is 2. The van der Waals surface area contributed by atoms with E-state index in [-0.39, 0.29) is 0 Å². The third-order valence-corrected chi connectivity index (χ3v) is 3.13. The van der Waals surface area contributed by atoms with Crippen molar-refractivity contribution in [3.63, 3.8) is 0 Å². The molecule has 0 atom stereocenters. The lowest BCUT2D eigenvalue weighted by molar-refractivity contribution is 0.128. The third kappa shape index (κ3) is 4.31. The second-order valence-electron chi connectivity index (χ2n) is 3.95. The van der Waals surface area contributed by atoms with E-state index in [0.29, 0.717) is 30.7 Å². The van der Waals surface area contributed by atoms with Gasteiger partial charge in [0.25, 0.3) is 0 Å². The van der Waals surface area contributed by atoms with Crippen LogP contribution in [0.2, 0.25) is 0 Å². The Balaban J connectivity index is 2.21. The van der Waals surface area contributed by atoms with Crippen LogP contribution in [0.15, 0.2) is 30.3 Å². The summed E-state index contributed by atoms with van der Waals surface area (Å²) in [5, 5.41) is 2.99. The monoisotopic (exact) mass is 385 g/mol. The van der Waals surface area contributed by atoms with E-state index >= 15 is 0 Å². The van der Waals surface area contributed by atoms with Gasteiger partial charge in [0.1, 0.15) is 18.2 Å². The maximum absolute atomic E-state index is 5.77. The van der Waals surface area contributed by atoms with Gasteiger partial charge in [0.05, 0.1) is 0 Å². The first-order valence-corrected chi connectivity index (χ1v) is 7.36. The highest BCUT2D eigenvalue weighted by Crippen LogP contribution is 2.23. The van der Waals surface area contributed by atoms with Crippen LogP contribution < -0.4 is 10.1 Å². The molecular formula is C14H16IN3O2. The van der Waals surface area contributed by atoms with Crippen LogP contribution in [0.4, 0.5) is 5.82 Å². The molecule has 5 nitrogen and oxygen atoms in total. The summed E-state index contributed by atoms with van der Waals surface area (Å²) < 4.78 is 12.2. The Morgan fingerprint density at radius 1 is 1.25 bits per heavy atom. The number of rotatable bonds is 6. The smallest absolute Gasteiger partial charge is 0.224 e. The molecule has 0 aliphatic carbocycles. The van der Waals surface area contributed by atoms with Gasteiger partial charge in [0, 0.05) is 23.3 Å². The molecule has 1 N–H and O–H groups in total. The normalized spacial score (nSPS) is 10.3. The standard InChI is InChI=1S/C14H16IN3O2/c1-3-19-9-13-17-12(16-2)8-14(18-13)20-11-6-4-5-10(15)7-11/h4-8H,3,9H2,1-2H3,(H,16,17,18). The van der Waals surface area contributed by atoms with Crippen LogP contribution in [0, 0.1) is 3.57 Å². The molecule has 0 unspecified atom stereocenters. The molecule has 106 valence electrons. The molecule has 0 aliphatic heterocycles. The number of hydrogen-bond donors (Lipinski definition) is 1. The predicted molar refractivity (Wildman–Crippen MR) is 86.1 cm³/mol. The molecule has 0 saturated heterocycles. The first-order valence-electron chi connectivity index (χ1n) is 6.28. The van der Waals surface area contributed by atoms with Crippen molar-refractivity contribution < 1.29 is 9.47 Å². The van der Waals surface area contributed by atoms with E-state index in [1.54, 1.807) is 6.07 Å². The van der Waals surface area contributed by atoms with Crippen LogP contribution in [0.5, 0.6) is 11.6 Å². The minimum Gasteiger partial charge on any atom is -0.439 e. The molecule has 1 aromatic carbocycles. The van der Waals surface area contributed by atoms with E-state index in [1.165, 1.54) is 0 Å². The largest absolute Gasteiger partial charge is 0.439 e. The van der Waals surface area contributed by atoms with Gasteiger partial charge in [-0.3, -0.25) is 0 Å². The van der Waals surface area contributed by atoms with Crippen molar-refractivity contribution in [1.29, 1.82) is 0 Å². The van der Waals surface area contributed by atoms with Gasteiger partial charge in [0.15, 0.2) is 5.82 Å². The minimum absolute atomic E-state index is 0.370. The fourth-order valence-corrected chi connectivity index (χ4v) is 2.08. The van der Waals surface area contributed by atoms with E-state index in [9.17, 15) is 0 Å². The second kappa shape index (κ2) is 7.39. The highest BCUT2D eigenvalue weighted by atomic mass is 127. The van der Waals surface area contributed by atoms with Crippen molar-refractivity contribution >= 4 is 28.4 Å². The molecule has 0 amide bonds. The topological polar surface area (TPSA) is 56.3 Å². The molecular weight excluding hydrogens is 369 g/mol. The van der Waals surface area contributed by atoms with Gasteiger partial charge < -0.3 is 14.8 Å². The zero-order valence-electron chi connectivity index (χ0n) is 11.4. The van der Waals surface area contributed by atoms with Crippen molar-refractivity contribution in [3.8, 4) is 11.6 Å². The van der Waals surface area contributed by atoms with E-state index < -0.39 is 0 Å². The quantitative estimate of drug-likeness (QED) is 0.772. The zero-order valence-corrected chi connectivity index (χ0v) is 13.5. The first kappa shape index (κ1) is 15.0. The molecule has 20 heavy (non-hydrogen) atoms. The van der Waals surface area contributed by atoms with Crippen LogP contribution in [0.25, 0.3) is 0 Å². The Hall–Kier alpha value is -1.41. The highest BCUT2D eigenvalue weighted by Gasteiger charge is 2.06. The van der Waals surface area contributed by atoms with Gasteiger partial charge in [-0.15, -0.1) is 0 Å². The summed E-state index contributed by atoms with van der Waals surface area (Å²) in [6.07, 6.45) is 0. The molecule has 2 aromatic rings. The number of hydrogen-bond acceptors (Lipinski definition) is 5. The summed E-state index contributed by atoms with van der Waals surface area (Å²) in [7, 11) is 1.81. The van der Waals surface area contributed by atoms with Crippen LogP contribution >= 0.6 is 22.6 Å². The average Bonchev–Trinajstić information content (AvgIpc) is 2.45. The zero-order chi connectivity index (χ0) is 14.4. The van der Waals surface area contributed by atoms with E-state index in [2.05, 4.69) is 37.9 Å². The van der Waals surface area contributed by atoms with Gasteiger partial charge in [-0.25, -0.2) is 4.98 Å². The number of aromatic nitrogens is 2. The average molecular weight is 385 g/mol. The SMILES string of the molecule is CCOCc1nc(NC)cc(Oc2cccc(I)c2)n1. The highest BCUT2D eigenvalue weighted by molar-refractivity contribution is 14.1. The van der Waals surface area contributed by atoms with Crippen molar-refractivity contribution in [2.45, 2.75) is 13.5 Å². The van der Waals surface area contributed by atoms with Crippen molar-refractivity contribution in [3.05, 3.63) is 39.7 Å². The Labute approximate surface area is 131 Å². The minimum atomic E-state index is 0.370. The number of nitrogens with one attached hydrogen (secondary N) is 1. The van der Waals surface area contributed by atoms with Gasteiger partial charge in [-0.1, -0.05) is 6.07 Å². The predicted octanol–water partition coefficient (Wildman–Crippen LogP) is 3.45. The summed E-state index contributed by atoms with van der Waals surface area (Å²) in [5.41, 5.74) is 0.